The number of hydrogen-bond donors (Lipinski definition) is 4. The zero-order valence-electron chi connectivity index (χ0n) is 16.0. The fourth-order valence-electron chi connectivity index (χ4n) is 2.73. The van der Waals surface area contributed by atoms with Crippen LogP contribution in [0.5, 0.6) is 0 Å². The quantitative estimate of drug-likeness (QED) is 0.524. The first-order valence-corrected chi connectivity index (χ1v) is 8.96. The van der Waals surface area contributed by atoms with Gasteiger partial charge in [-0.3, -0.25) is 25.2 Å². The lowest BCUT2D eigenvalue weighted by atomic mass is 9.99. The minimum Gasteiger partial charge on any atom is -0.352 e. The number of benzene rings is 1. The molecule has 0 aliphatic heterocycles. The third-order valence-electron chi connectivity index (χ3n) is 4.47. The summed E-state index contributed by atoms with van der Waals surface area (Å²) in [6.07, 6.45) is 0.611. The van der Waals surface area contributed by atoms with Crippen LogP contribution >= 0.6 is 0 Å². The van der Waals surface area contributed by atoms with Gasteiger partial charge < -0.3 is 11.1 Å². The van der Waals surface area contributed by atoms with Gasteiger partial charge in [-0.05, 0) is 18.9 Å². The van der Waals surface area contributed by atoms with Gasteiger partial charge in [-0.15, -0.1) is 0 Å². The molecule has 1 heterocycles. The normalized spacial score (nSPS) is 12.8. The van der Waals surface area contributed by atoms with Gasteiger partial charge in [0.2, 0.25) is 0 Å². The Bertz CT molecular complexity index is 955. The molecule has 10 heteroatoms. The molecule has 28 heavy (non-hydrogen) atoms. The number of fused-ring (bicyclic) bond motifs is 1. The van der Waals surface area contributed by atoms with Gasteiger partial charge in [-0.1, -0.05) is 38.5 Å². The van der Waals surface area contributed by atoms with E-state index in [9.17, 15) is 19.2 Å². The van der Waals surface area contributed by atoms with Crippen LogP contribution in [0.2, 0.25) is 0 Å². The minimum atomic E-state index is -0.905. The Balaban J connectivity index is 2.25. The number of nitrogens with one attached hydrogen (secondary N) is 3. The topological polar surface area (TPSA) is 148 Å². The summed E-state index contributed by atoms with van der Waals surface area (Å²) in [4.78, 5) is 48.5. The smallest absolute Gasteiger partial charge is 0.312 e. The van der Waals surface area contributed by atoms with E-state index in [2.05, 4.69) is 21.3 Å². The maximum Gasteiger partial charge on any atom is 0.312 e. The van der Waals surface area contributed by atoms with Crippen molar-refractivity contribution in [3.05, 3.63) is 40.3 Å². The molecule has 0 spiro atoms. The van der Waals surface area contributed by atoms with Crippen LogP contribution in [0, 0.1) is 5.92 Å². The van der Waals surface area contributed by atoms with Gasteiger partial charge in [0.1, 0.15) is 6.04 Å². The molecule has 1 aromatic carbocycles. The molecule has 1 aromatic heterocycles. The van der Waals surface area contributed by atoms with Gasteiger partial charge in [0.25, 0.3) is 17.4 Å². The first-order chi connectivity index (χ1) is 13.3. The summed E-state index contributed by atoms with van der Waals surface area (Å²) < 4.78 is 1.18. The summed E-state index contributed by atoms with van der Waals surface area (Å²) in [7, 11) is 0. The van der Waals surface area contributed by atoms with E-state index in [4.69, 9.17) is 5.73 Å². The monoisotopic (exact) mass is 388 g/mol. The average Bonchev–Trinajstić information content (AvgIpc) is 2.69. The first-order valence-electron chi connectivity index (χ1n) is 8.96. The van der Waals surface area contributed by atoms with E-state index < -0.39 is 23.9 Å². The average molecular weight is 388 g/mol. The Kier molecular flexibility index (Phi) is 6.69. The molecule has 150 valence electrons. The molecule has 5 N–H and O–H groups in total. The van der Waals surface area contributed by atoms with Crippen molar-refractivity contribution in [1.82, 2.24) is 25.9 Å². The summed E-state index contributed by atoms with van der Waals surface area (Å²) in [5.41, 5.74) is 9.38. The molecule has 0 unspecified atom stereocenters. The molecule has 0 aliphatic rings. The fourth-order valence-corrected chi connectivity index (χ4v) is 2.73. The minimum absolute atomic E-state index is 0.000278. The maximum atomic E-state index is 12.6. The third kappa shape index (κ3) is 4.45. The lowest BCUT2D eigenvalue weighted by Crippen LogP contribution is -2.55. The summed E-state index contributed by atoms with van der Waals surface area (Å²) in [5, 5.41) is 7.18. The van der Waals surface area contributed by atoms with Crippen LogP contribution < -0.4 is 27.5 Å². The van der Waals surface area contributed by atoms with Gasteiger partial charge in [-0.2, -0.15) is 5.10 Å². The van der Waals surface area contributed by atoms with Crippen LogP contribution in [0.15, 0.2) is 29.1 Å². The van der Waals surface area contributed by atoms with Crippen molar-refractivity contribution in [2.45, 2.75) is 39.8 Å². The second kappa shape index (κ2) is 8.98. The molecule has 10 nitrogen and oxygen atoms in total. The molecule has 0 aliphatic carbocycles. The second-order valence-corrected chi connectivity index (χ2v) is 6.33. The molecule has 0 radical (unpaired) electrons. The molecular formula is C18H24N6O4. The Hall–Kier alpha value is -3.43. The van der Waals surface area contributed by atoms with Gasteiger partial charge in [0.15, 0.2) is 5.69 Å². The number of nitrogens with zero attached hydrogens (tertiary/aromatic N) is 2. The van der Waals surface area contributed by atoms with E-state index in [0.717, 1.165) is 0 Å². The largest absolute Gasteiger partial charge is 0.352 e. The van der Waals surface area contributed by atoms with E-state index in [1.54, 1.807) is 38.1 Å². The van der Waals surface area contributed by atoms with Crippen molar-refractivity contribution in [2.24, 2.45) is 11.7 Å². The van der Waals surface area contributed by atoms with Gasteiger partial charge in [-0.25, -0.2) is 9.48 Å². The molecule has 0 saturated heterocycles. The number of nitrogens with two attached hydrogens (primary N) is 1. The standard InChI is InChI=1S/C18H24N6O4/c1-4-10(3)13(20-18(19)28)15(25)21-22-16(26)14-11-8-6-7-9-12(11)17(27)24(5-2)23-14/h6-10,13H,4-5H2,1-3H3,(H,21,25)(H,22,26)(H3,19,20,28)/t10-,13-/m0/s1. The number of amides is 4. The van der Waals surface area contributed by atoms with Crippen LogP contribution in [-0.2, 0) is 11.3 Å². The number of aromatic nitrogens is 2. The first kappa shape index (κ1) is 20.9. The number of carbonyl (C=O) groups is 3. The zero-order valence-corrected chi connectivity index (χ0v) is 16.0. The van der Waals surface area contributed by atoms with Crippen LogP contribution in [0.3, 0.4) is 0 Å². The predicted molar refractivity (Wildman–Crippen MR) is 103 cm³/mol. The predicted octanol–water partition coefficient (Wildman–Crippen LogP) is 0.260. The molecule has 4 amide bonds. The maximum absolute atomic E-state index is 12.6. The molecule has 0 saturated carbocycles. The van der Waals surface area contributed by atoms with E-state index in [1.807, 2.05) is 6.92 Å². The summed E-state index contributed by atoms with van der Waals surface area (Å²) >= 11 is 0. The molecule has 0 bridgehead atoms. The highest BCUT2D eigenvalue weighted by Gasteiger charge is 2.26. The SMILES string of the molecule is CC[C@H](C)[C@H](NC(N)=O)C(=O)NNC(=O)c1nn(CC)c(=O)c2ccccc12. The molecule has 2 rings (SSSR count). The van der Waals surface area contributed by atoms with Crippen molar-refractivity contribution in [1.29, 1.82) is 0 Å². The molecule has 2 atom stereocenters. The Morgan fingerprint density at radius 3 is 2.36 bits per heavy atom. The number of rotatable bonds is 6. The van der Waals surface area contributed by atoms with Crippen LogP contribution in [0.25, 0.3) is 10.8 Å². The van der Waals surface area contributed by atoms with Gasteiger partial charge in [0, 0.05) is 11.9 Å². The molecular weight excluding hydrogens is 364 g/mol. The van der Waals surface area contributed by atoms with Gasteiger partial charge in [0.05, 0.1) is 5.39 Å². The van der Waals surface area contributed by atoms with Crippen molar-refractivity contribution >= 4 is 28.6 Å². The number of hydrazine groups is 1. The van der Waals surface area contributed by atoms with Crippen molar-refractivity contribution in [2.75, 3.05) is 0 Å². The number of hydrogen-bond acceptors (Lipinski definition) is 5. The summed E-state index contributed by atoms with van der Waals surface area (Å²) in [5.74, 6) is -1.51. The summed E-state index contributed by atoms with van der Waals surface area (Å²) in [6.45, 7) is 5.65. The fraction of sp³-hybridized carbons (Fsp3) is 0.389. The van der Waals surface area contributed by atoms with Crippen LogP contribution in [0.4, 0.5) is 4.79 Å². The lowest BCUT2D eigenvalue weighted by molar-refractivity contribution is -0.124. The third-order valence-corrected chi connectivity index (χ3v) is 4.47. The van der Waals surface area contributed by atoms with E-state index in [0.29, 0.717) is 17.2 Å². The van der Waals surface area contributed by atoms with Crippen molar-refractivity contribution in [3.8, 4) is 0 Å². The Morgan fingerprint density at radius 2 is 1.79 bits per heavy atom. The van der Waals surface area contributed by atoms with E-state index in [-0.39, 0.29) is 23.7 Å². The van der Waals surface area contributed by atoms with Crippen LogP contribution in [-0.4, -0.2) is 33.7 Å². The molecule has 2 aromatic rings. The van der Waals surface area contributed by atoms with Crippen LogP contribution in [0.1, 0.15) is 37.7 Å². The van der Waals surface area contributed by atoms with E-state index in [1.165, 1.54) is 4.68 Å². The number of aryl methyl sites for hydroxylation is 1. The number of primary amides is 1. The lowest BCUT2D eigenvalue weighted by Gasteiger charge is -2.22. The number of carbonyl (C=O) groups excluding carboxylic acids is 3. The van der Waals surface area contributed by atoms with Gasteiger partial charge >= 0.3 is 6.03 Å². The Labute approximate surface area is 161 Å². The van der Waals surface area contributed by atoms with E-state index >= 15 is 0 Å². The second-order valence-electron chi connectivity index (χ2n) is 6.33. The summed E-state index contributed by atoms with van der Waals surface area (Å²) in [6, 6.07) is 4.85. The van der Waals surface area contributed by atoms with Crippen molar-refractivity contribution < 1.29 is 14.4 Å². The highest BCUT2D eigenvalue weighted by atomic mass is 16.2. The zero-order chi connectivity index (χ0) is 20.8. The highest BCUT2D eigenvalue weighted by molar-refractivity contribution is 6.05. The van der Waals surface area contributed by atoms with Crippen molar-refractivity contribution in [3.63, 3.8) is 0 Å². The molecule has 0 fully saturated rings. The Morgan fingerprint density at radius 1 is 1.14 bits per heavy atom. The number of urea groups is 1. The highest BCUT2D eigenvalue weighted by Crippen LogP contribution is 2.13.